The van der Waals surface area contributed by atoms with Gasteiger partial charge in [-0.1, -0.05) is 302 Å². The van der Waals surface area contributed by atoms with E-state index < -0.39 is 0 Å². The SMILES string of the molecule is Cc1ccc(N(c2ccc(C)cc2)c2c3cc(C(C)(C)C)ccc3c(N(c3cccc(-c4ccc5c(c4)C(C)(C)c4cc(-c6ccc7c(c6)C(C)(C)c6ccccc6-7)ccc4-5)c3)c3cccc(-c4ccc5c(c4)C(C)(C)c4cc(-c6ccc7c(c6)C(C)(C)c6ccccc6-7)ccc4-5)c3)c3ccc(C(C)(C)C)cc23)cc1. The van der Waals surface area contributed by atoms with E-state index >= 15 is 0 Å². The Balaban J connectivity index is 0.774. The third-order valence-corrected chi connectivity index (χ3v) is 25.9. The van der Waals surface area contributed by atoms with E-state index in [1.54, 1.807) is 0 Å². The number of hydrogen-bond acceptors (Lipinski definition) is 2. The summed E-state index contributed by atoms with van der Waals surface area (Å²) in [6, 6.07) is 113. The summed E-state index contributed by atoms with van der Waals surface area (Å²) in [7, 11) is 0. The van der Waals surface area contributed by atoms with E-state index in [2.05, 4.69) is 412 Å². The summed E-state index contributed by atoms with van der Waals surface area (Å²) in [5.41, 5.74) is 42.1. The second-order valence-electron chi connectivity index (χ2n) is 36.3. The van der Waals surface area contributed by atoms with Gasteiger partial charge in [-0.2, -0.15) is 0 Å². The zero-order valence-corrected chi connectivity index (χ0v) is 66.6. The van der Waals surface area contributed by atoms with Crippen LogP contribution in [0.3, 0.4) is 0 Å². The first-order valence-corrected chi connectivity index (χ1v) is 39.7. The molecule has 0 atom stereocenters. The van der Waals surface area contributed by atoms with Crippen LogP contribution in [0, 0.1) is 13.8 Å². The molecule has 2 nitrogen and oxygen atoms in total. The first-order valence-electron chi connectivity index (χ1n) is 39.7. The molecule has 0 aliphatic heterocycles. The minimum absolute atomic E-state index is 0.0779. The highest BCUT2D eigenvalue weighted by Gasteiger charge is 2.41. The van der Waals surface area contributed by atoms with Gasteiger partial charge in [0.05, 0.1) is 11.4 Å². The largest absolute Gasteiger partial charge is 0.309 e. The van der Waals surface area contributed by atoms with Crippen molar-refractivity contribution < 1.29 is 0 Å². The maximum Gasteiger partial charge on any atom is 0.0620 e. The molecule has 0 N–H and O–H groups in total. The molecule has 0 aromatic heterocycles. The van der Waals surface area contributed by atoms with Crippen molar-refractivity contribution in [2.24, 2.45) is 0 Å². The molecule has 0 fully saturated rings. The molecule has 0 radical (unpaired) electrons. The summed E-state index contributed by atoms with van der Waals surface area (Å²) in [6.45, 7) is 37.7. The van der Waals surface area contributed by atoms with Gasteiger partial charge in [0.25, 0.3) is 0 Å². The lowest BCUT2D eigenvalue weighted by atomic mass is 9.80. The number of hydrogen-bond donors (Lipinski definition) is 0. The van der Waals surface area contributed by atoms with E-state index in [9.17, 15) is 0 Å². The molecule has 2 heteroatoms. The van der Waals surface area contributed by atoms with Gasteiger partial charge in [0.1, 0.15) is 0 Å². The standard InChI is InChI=1S/C108H96N2/c1-65-31-43-77(44-32-65)109(78-45-33-66(2)34-46-78)102-91-63-75(103(3,4)5)41-53-89(91)101(90-54-42-76(64-92(90)102)104(6,7)8)110(79-25-21-23-67(55-79)69-35-49-85-87-51-39-73(61-99(87)107(13,14)97(85)57-69)71-37-47-83-81-27-17-19-29-93(81)105(9,10)95(83)59-71)80-26-22-24-68(56-80)70-36-50-86-88-52-40-74(62-100(88)108(15,16)98(86)58-70)72-38-48-84-82-28-18-20-30-94(82)106(11,12)96(84)60-72/h17-64H,1-16H3. The predicted octanol–water partition coefficient (Wildman–Crippen LogP) is 30.0. The fraction of sp³-hybridized carbons (Fsp3) is 0.204. The van der Waals surface area contributed by atoms with Crippen molar-refractivity contribution in [3.8, 4) is 89.0 Å². The van der Waals surface area contributed by atoms with Gasteiger partial charge >= 0.3 is 0 Å². The summed E-state index contributed by atoms with van der Waals surface area (Å²) in [5.74, 6) is 0. The van der Waals surface area contributed by atoms with Crippen molar-refractivity contribution in [1.29, 1.82) is 0 Å². The molecule has 19 rings (SSSR count). The number of rotatable bonds is 10. The zero-order valence-electron chi connectivity index (χ0n) is 66.6. The first-order chi connectivity index (χ1) is 52.6. The number of anilines is 6. The second-order valence-corrected chi connectivity index (χ2v) is 36.3. The molecule has 110 heavy (non-hydrogen) atoms. The van der Waals surface area contributed by atoms with E-state index in [0.717, 1.165) is 39.6 Å². The minimum Gasteiger partial charge on any atom is -0.309 e. The number of fused-ring (bicyclic) bond motifs is 14. The van der Waals surface area contributed by atoms with Gasteiger partial charge in [-0.15, -0.1) is 0 Å². The Morgan fingerprint density at radius 3 is 0.782 bits per heavy atom. The summed E-state index contributed by atoms with van der Waals surface area (Å²) in [5, 5.41) is 4.71. The third kappa shape index (κ3) is 10.7. The average Bonchev–Trinajstić information content (AvgIpc) is 1.03. The van der Waals surface area contributed by atoms with Crippen LogP contribution in [0.5, 0.6) is 0 Å². The highest BCUT2D eigenvalue weighted by molar-refractivity contribution is 6.24. The number of aryl methyl sites for hydroxylation is 2. The molecule has 0 amide bonds. The van der Waals surface area contributed by atoms with Gasteiger partial charge < -0.3 is 9.80 Å². The van der Waals surface area contributed by atoms with Crippen LogP contribution in [0.2, 0.25) is 0 Å². The van der Waals surface area contributed by atoms with Crippen LogP contribution in [0.1, 0.15) is 164 Å². The van der Waals surface area contributed by atoms with Gasteiger partial charge in [0, 0.05) is 66.0 Å². The molecule has 0 bridgehead atoms. The van der Waals surface area contributed by atoms with Crippen LogP contribution in [0.15, 0.2) is 291 Å². The van der Waals surface area contributed by atoms with Crippen LogP contribution in [0.4, 0.5) is 34.1 Å². The summed E-state index contributed by atoms with van der Waals surface area (Å²) < 4.78 is 0. The van der Waals surface area contributed by atoms with Crippen molar-refractivity contribution in [2.75, 3.05) is 9.80 Å². The predicted molar refractivity (Wildman–Crippen MR) is 470 cm³/mol. The van der Waals surface area contributed by atoms with Crippen molar-refractivity contribution >= 4 is 55.7 Å². The van der Waals surface area contributed by atoms with Crippen LogP contribution in [0.25, 0.3) is 111 Å². The van der Waals surface area contributed by atoms with Crippen molar-refractivity contribution in [3.05, 3.63) is 358 Å². The maximum absolute atomic E-state index is 2.61. The lowest BCUT2D eigenvalue weighted by Gasteiger charge is -2.34. The van der Waals surface area contributed by atoms with Gasteiger partial charge in [0.15, 0.2) is 0 Å². The van der Waals surface area contributed by atoms with Gasteiger partial charge in [-0.25, -0.2) is 0 Å². The third-order valence-electron chi connectivity index (χ3n) is 25.9. The number of benzene rings is 15. The monoisotopic (exact) mass is 1420 g/mol. The molecule has 0 unspecified atom stereocenters. The van der Waals surface area contributed by atoms with Gasteiger partial charge in [0.2, 0.25) is 0 Å². The summed E-state index contributed by atoms with van der Waals surface area (Å²) >= 11 is 0. The zero-order chi connectivity index (χ0) is 76.0. The van der Waals surface area contributed by atoms with Gasteiger partial charge in [-0.05, 0) is 266 Å². The lowest BCUT2D eigenvalue weighted by Crippen LogP contribution is -2.17. The Labute approximate surface area is 651 Å². The van der Waals surface area contributed by atoms with E-state index in [4.69, 9.17) is 0 Å². The Morgan fingerprint density at radius 2 is 0.473 bits per heavy atom. The van der Waals surface area contributed by atoms with Crippen LogP contribution >= 0.6 is 0 Å². The molecule has 15 aromatic rings. The van der Waals surface area contributed by atoms with Crippen molar-refractivity contribution in [2.45, 2.75) is 143 Å². The van der Waals surface area contributed by atoms with E-state index in [1.165, 1.54) is 172 Å². The van der Waals surface area contributed by atoms with Crippen LogP contribution in [-0.4, -0.2) is 0 Å². The van der Waals surface area contributed by atoms with E-state index in [1.807, 2.05) is 0 Å². The lowest BCUT2D eigenvalue weighted by molar-refractivity contribution is 0.591. The second kappa shape index (κ2) is 24.5. The Morgan fingerprint density at radius 1 is 0.209 bits per heavy atom. The van der Waals surface area contributed by atoms with Crippen LogP contribution < -0.4 is 9.80 Å². The molecular weight excluding hydrogens is 1330 g/mol. The fourth-order valence-electron chi connectivity index (χ4n) is 19.4. The fourth-order valence-corrected chi connectivity index (χ4v) is 19.4. The molecule has 0 spiro atoms. The topological polar surface area (TPSA) is 6.48 Å². The minimum atomic E-state index is -0.262. The molecule has 0 saturated carbocycles. The number of nitrogens with zero attached hydrogens (tertiary/aromatic N) is 2. The highest BCUT2D eigenvalue weighted by atomic mass is 15.2. The van der Waals surface area contributed by atoms with Gasteiger partial charge in [-0.3, -0.25) is 0 Å². The van der Waals surface area contributed by atoms with Crippen LogP contribution in [-0.2, 0) is 32.5 Å². The Hall–Kier alpha value is -11.6. The Bertz CT molecular complexity index is 5990. The smallest absolute Gasteiger partial charge is 0.0620 e. The molecule has 4 aliphatic rings. The average molecular weight is 1420 g/mol. The first kappa shape index (κ1) is 68.9. The van der Waals surface area contributed by atoms with Crippen molar-refractivity contribution in [3.63, 3.8) is 0 Å². The quantitative estimate of drug-likeness (QED) is 0.0995. The molecular formula is C108H96N2. The van der Waals surface area contributed by atoms with E-state index in [-0.39, 0.29) is 32.5 Å². The Kier molecular flexibility index (Phi) is 15.3. The summed E-state index contributed by atoms with van der Waals surface area (Å²) in [6.07, 6.45) is 0. The highest BCUT2D eigenvalue weighted by Crippen LogP contribution is 2.58. The summed E-state index contributed by atoms with van der Waals surface area (Å²) in [4.78, 5) is 5.15. The van der Waals surface area contributed by atoms with E-state index in [0.29, 0.717) is 0 Å². The maximum atomic E-state index is 2.61. The molecule has 0 saturated heterocycles. The molecule has 15 aromatic carbocycles. The molecule has 0 heterocycles. The van der Waals surface area contributed by atoms with Crippen molar-refractivity contribution in [1.82, 2.24) is 0 Å². The molecule has 4 aliphatic carbocycles. The normalized spacial score (nSPS) is 14.8. The molecule has 538 valence electrons.